The largest absolute Gasteiger partial charge is 0.444 e. The Bertz CT molecular complexity index is 716. The fourth-order valence-corrected chi connectivity index (χ4v) is 3.18. The molecule has 0 spiro atoms. The van der Waals surface area contributed by atoms with Gasteiger partial charge in [0.1, 0.15) is 11.4 Å². The Morgan fingerprint density at radius 3 is 2.68 bits per heavy atom. The number of aryl methyl sites for hydroxylation is 2. The number of oxazole rings is 1. The highest BCUT2D eigenvalue weighted by Crippen LogP contribution is 2.25. The van der Waals surface area contributed by atoms with Crippen LogP contribution in [0.2, 0.25) is 0 Å². The van der Waals surface area contributed by atoms with E-state index < -0.39 is 0 Å². The SMILES string of the molecule is Cc1nc(CN2CCC(CNc3ccccc3[N+](=O)[O-])CC2)oc1C. The topological polar surface area (TPSA) is 84.4 Å². The molecule has 0 aliphatic carbocycles. The van der Waals surface area contributed by atoms with E-state index in [0.29, 0.717) is 11.6 Å². The first-order valence-electron chi connectivity index (χ1n) is 8.65. The average molecular weight is 344 g/mol. The van der Waals surface area contributed by atoms with Crippen LogP contribution in [0, 0.1) is 29.9 Å². The van der Waals surface area contributed by atoms with E-state index in [1.54, 1.807) is 12.1 Å². The van der Waals surface area contributed by atoms with Gasteiger partial charge in [-0.3, -0.25) is 15.0 Å². The lowest BCUT2D eigenvalue weighted by Crippen LogP contribution is -2.35. The van der Waals surface area contributed by atoms with Gasteiger partial charge in [0.25, 0.3) is 5.69 Å². The second-order valence-electron chi connectivity index (χ2n) is 6.62. The molecular weight excluding hydrogens is 320 g/mol. The maximum atomic E-state index is 11.1. The lowest BCUT2D eigenvalue weighted by Gasteiger charge is -2.31. The summed E-state index contributed by atoms with van der Waals surface area (Å²) in [7, 11) is 0. The molecule has 0 radical (unpaired) electrons. The fraction of sp³-hybridized carbons (Fsp3) is 0.500. The standard InChI is InChI=1S/C18H24N4O3/c1-13-14(2)25-18(20-13)12-21-9-7-15(8-10-21)11-19-16-5-3-4-6-17(16)22(23)24/h3-6,15,19H,7-12H2,1-2H3. The molecule has 134 valence electrons. The molecule has 1 aliphatic heterocycles. The number of nitro benzene ring substituents is 1. The van der Waals surface area contributed by atoms with Gasteiger partial charge in [0, 0.05) is 12.6 Å². The summed E-state index contributed by atoms with van der Waals surface area (Å²) in [5.74, 6) is 2.19. The first-order chi connectivity index (χ1) is 12.0. The summed E-state index contributed by atoms with van der Waals surface area (Å²) < 4.78 is 5.66. The third-order valence-electron chi connectivity index (χ3n) is 4.82. The van der Waals surface area contributed by atoms with E-state index >= 15 is 0 Å². The van der Waals surface area contributed by atoms with Crippen molar-refractivity contribution in [3.05, 3.63) is 51.7 Å². The molecule has 2 aromatic rings. The summed E-state index contributed by atoms with van der Waals surface area (Å²) in [6.45, 7) is 7.39. The highest BCUT2D eigenvalue weighted by molar-refractivity contribution is 5.61. The minimum absolute atomic E-state index is 0.134. The van der Waals surface area contributed by atoms with Crippen molar-refractivity contribution in [3.63, 3.8) is 0 Å². The molecule has 0 unspecified atom stereocenters. The number of hydrogen-bond donors (Lipinski definition) is 1. The van der Waals surface area contributed by atoms with Crippen LogP contribution in [-0.4, -0.2) is 34.4 Å². The molecule has 0 saturated carbocycles. The van der Waals surface area contributed by atoms with Gasteiger partial charge in [-0.25, -0.2) is 4.98 Å². The monoisotopic (exact) mass is 344 g/mol. The van der Waals surface area contributed by atoms with Crippen LogP contribution in [0.4, 0.5) is 11.4 Å². The van der Waals surface area contributed by atoms with Crippen molar-refractivity contribution in [3.8, 4) is 0 Å². The lowest BCUT2D eigenvalue weighted by atomic mass is 9.96. The maximum absolute atomic E-state index is 11.1. The highest BCUT2D eigenvalue weighted by Gasteiger charge is 2.21. The van der Waals surface area contributed by atoms with E-state index in [4.69, 9.17) is 4.42 Å². The number of rotatable bonds is 6. The van der Waals surface area contributed by atoms with Crippen LogP contribution in [0.1, 0.15) is 30.2 Å². The fourth-order valence-electron chi connectivity index (χ4n) is 3.18. The van der Waals surface area contributed by atoms with Gasteiger partial charge in [0.05, 0.1) is 17.2 Å². The van der Waals surface area contributed by atoms with Gasteiger partial charge < -0.3 is 9.73 Å². The van der Waals surface area contributed by atoms with Crippen molar-refractivity contribution in [2.75, 3.05) is 25.0 Å². The Labute approximate surface area is 147 Å². The van der Waals surface area contributed by atoms with E-state index in [0.717, 1.165) is 56.4 Å². The molecule has 1 aromatic heterocycles. The van der Waals surface area contributed by atoms with E-state index in [2.05, 4.69) is 15.2 Å². The number of benzene rings is 1. The zero-order valence-electron chi connectivity index (χ0n) is 14.7. The Kier molecular flexibility index (Phi) is 5.33. The number of para-hydroxylation sites is 2. The average Bonchev–Trinajstić information content (AvgIpc) is 2.92. The van der Waals surface area contributed by atoms with E-state index in [9.17, 15) is 10.1 Å². The molecule has 0 atom stereocenters. The van der Waals surface area contributed by atoms with E-state index in [1.165, 1.54) is 6.07 Å². The van der Waals surface area contributed by atoms with Crippen LogP contribution in [0.3, 0.4) is 0 Å². The molecule has 1 N–H and O–H groups in total. The van der Waals surface area contributed by atoms with Crippen LogP contribution < -0.4 is 5.32 Å². The van der Waals surface area contributed by atoms with Crippen molar-refractivity contribution in [2.45, 2.75) is 33.2 Å². The zero-order valence-corrected chi connectivity index (χ0v) is 14.7. The predicted molar refractivity (Wildman–Crippen MR) is 95.6 cm³/mol. The van der Waals surface area contributed by atoms with Crippen molar-refractivity contribution in [2.24, 2.45) is 5.92 Å². The lowest BCUT2D eigenvalue weighted by molar-refractivity contribution is -0.384. The quantitative estimate of drug-likeness (QED) is 0.637. The van der Waals surface area contributed by atoms with Crippen LogP contribution in [-0.2, 0) is 6.54 Å². The molecule has 1 fully saturated rings. The minimum atomic E-state index is -0.342. The van der Waals surface area contributed by atoms with Gasteiger partial charge >= 0.3 is 0 Å². The number of hydrogen-bond acceptors (Lipinski definition) is 6. The van der Waals surface area contributed by atoms with Crippen LogP contribution in [0.15, 0.2) is 28.7 Å². The first-order valence-corrected chi connectivity index (χ1v) is 8.65. The summed E-state index contributed by atoms with van der Waals surface area (Å²) in [4.78, 5) is 17.5. The van der Waals surface area contributed by atoms with Crippen LogP contribution in [0.25, 0.3) is 0 Å². The van der Waals surface area contributed by atoms with E-state index in [1.807, 2.05) is 19.9 Å². The number of nitrogens with one attached hydrogen (secondary N) is 1. The number of nitrogens with zero attached hydrogens (tertiary/aromatic N) is 3. The van der Waals surface area contributed by atoms with Crippen molar-refractivity contribution >= 4 is 11.4 Å². The zero-order chi connectivity index (χ0) is 17.8. The molecule has 0 amide bonds. The Morgan fingerprint density at radius 2 is 2.04 bits per heavy atom. The summed E-state index contributed by atoms with van der Waals surface area (Å²) in [6, 6.07) is 6.80. The Balaban J connectivity index is 1.47. The summed E-state index contributed by atoms with van der Waals surface area (Å²) in [6.07, 6.45) is 2.12. The van der Waals surface area contributed by atoms with Gasteiger partial charge in [-0.1, -0.05) is 12.1 Å². The highest BCUT2D eigenvalue weighted by atomic mass is 16.6. The third kappa shape index (κ3) is 4.36. The number of anilines is 1. The van der Waals surface area contributed by atoms with Gasteiger partial charge in [0.2, 0.25) is 5.89 Å². The predicted octanol–water partition coefficient (Wildman–Crippen LogP) is 3.52. The molecule has 1 saturated heterocycles. The van der Waals surface area contributed by atoms with Crippen molar-refractivity contribution < 1.29 is 9.34 Å². The number of aromatic nitrogens is 1. The molecule has 7 heteroatoms. The van der Waals surface area contributed by atoms with E-state index in [-0.39, 0.29) is 10.6 Å². The van der Waals surface area contributed by atoms with Gasteiger partial charge in [-0.2, -0.15) is 0 Å². The van der Waals surface area contributed by atoms with Gasteiger partial charge in [-0.05, 0) is 51.8 Å². The second kappa shape index (κ2) is 7.65. The van der Waals surface area contributed by atoms with Crippen LogP contribution in [0.5, 0.6) is 0 Å². The summed E-state index contributed by atoms with van der Waals surface area (Å²) in [5, 5.41) is 14.3. The molecule has 0 bridgehead atoms. The Morgan fingerprint density at radius 1 is 1.32 bits per heavy atom. The molecule has 25 heavy (non-hydrogen) atoms. The normalized spacial score (nSPS) is 16.1. The smallest absolute Gasteiger partial charge is 0.292 e. The summed E-state index contributed by atoms with van der Waals surface area (Å²) >= 11 is 0. The van der Waals surface area contributed by atoms with Crippen molar-refractivity contribution in [1.82, 2.24) is 9.88 Å². The number of likely N-dealkylation sites (tertiary alicyclic amines) is 1. The van der Waals surface area contributed by atoms with Gasteiger partial charge in [0.15, 0.2) is 0 Å². The molecule has 1 aliphatic rings. The molecule has 7 nitrogen and oxygen atoms in total. The summed E-state index contributed by atoms with van der Waals surface area (Å²) in [5.41, 5.74) is 1.69. The molecular formula is C18H24N4O3. The molecule has 1 aromatic carbocycles. The number of piperidine rings is 1. The molecule has 2 heterocycles. The maximum Gasteiger partial charge on any atom is 0.292 e. The second-order valence-corrected chi connectivity index (χ2v) is 6.62. The van der Waals surface area contributed by atoms with Gasteiger partial charge in [-0.15, -0.1) is 0 Å². The Hall–Kier alpha value is -2.41. The molecule has 3 rings (SSSR count). The number of nitro groups is 1. The minimum Gasteiger partial charge on any atom is -0.444 e. The third-order valence-corrected chi connectivity index (χ3v) is 4.82. The van der Waals surface area contributed by atoms with Crippen LogP contribution >= 0.6 is 0 Å². The van der Waals surface area contributed by atoms with Crippen molar-refractivity contribution in [1.29, 1.82) is 0 Å². The first kappa shape index (κ1) is 17.4.